The van der Waals surface area contributed by atoms with E-state index in [9.17, 15) is 4.79 Å². The molecule has 4 nitrogen and oxygen atoms in total. The van der Waals surface area contributed by atoms with Crippen molar-refractivity contribution in [3.05, 3.63) is 52.3 Å². The van der Waals surface area contributed by atoms with Gasteiger partial charge in [-0.05, 0) is 51.1 Å². The van der Waals surface area contributed by atoms with Crippen LogP contribution in [-0.2, 0) is 4.74 Å². The molecular formula is C19H23ClN2O2. The van der Waals surface area contributed by atoms with Gasteiger partial charge in [-0.15, -0.1) is 0 Å². The second-order valence-corrected chi connectivity index (χ2v) is 6.72. The third-order valence-electron chi connectivity index (χ3n) is 4.75. The first-order chi connectivity index (χ1) is 11.5. The predicted octanol–water partition coefficient (Wildman–Crippen LogP) is 3.65. The van der Waals surface area contributed by atoms with Gasteiger partial charge < -0.3 is 9.30 Å². The van der Waals surface area contributed by atoms with Crippen molar-refractivity contribution in [1.29, 1.82) is 0 Å². The van der Waals surface area contributed by atoms with Gasteiger partial charge >= 0.3 is 0 Å². The lowest BCUT2D eigenvalue weighted by molar-refractivity contribution is 0.0208. The SMILES string of the molecule is Cc1cc(C(=O)[C@H](C)N2CCOCC2)c(C)n1-c1ccc(Cl)cc1. The molecule has 0 N–H and O–H groups in total. The van der Waals surface area contributed by atoms with Crippen LogP contribution >= 0.6 is 11.6 Å². The van der Waals surface area contributed by atoms with E-state index in [1.807, 2.05) is 51.1 Å². The largest absolute Gasteiger partial charge is 0.379 e. The fourth-order valence-electron chi connectivity index (χ4n) is 3.36. The smallest absolute Gasteiger partial charge is 0.181 e. The number of carbonyl (C=O) groups is 1. The number of carbonyl (C=O) groups excluding carboxylic acids is 1. The highest BCUT2D eigenvalue weighted by atomic mass is 35.5. The second kappa shape index (κ2) is 7.09. The highest BCUT2D eigenvalue weighted by Crippen LogP contribution is 2.24. The molecule has 128 valence electrons. The monoisotopic (exact) mass is 346 g/mol. The van der Waals surface area contributed by atoms with Crippen molar-refractivity contribution in [2.75, 3.05) is 26.3 Å². The number of aryl methyl sites for hydroxylation is 1. The molecule has 5 heteroatoms. The molecule has 2 aromatic rings. The number of benzene rings is 1. The van der Waals surface area contributed by atoms with Gasteiger partial charge in [-0.3, -0.25) is 9.69 Å². The Morgan fingerprint density at radius 2 is 1.79 bits per heavy atom. The molecule has 3 rings (SSSR count). The molecule has 0 bridgehead atoms. The van der Waals surface area contributed by atoms with Gasteiger partial charge in [0.2, 0.25) is 0 Å². The number of nitrogens with zero attached hydrogens (tertiary/aromatic N) is 2. The van der Waals surface area contributed by atoms with Crippen molar-refractivity contribution in [3.63, 3.8) is 0 Å². The minimum Gasteiger partial charge on any atom is -0.379 e. The van der Waals surface area contributed by atoms with E-state index in [0.29, 0.717) is 18.2 Å². The number of morpholine rings is 1. The summed E-state index contributed by atoms with van der Waals surface area (Å²) in [5, 5.41) is 0.707. The molecule has 0 spiro atoms. The van der Waals surface area contributed by atoms with E-state index in [4.69, 9.17) is 16.3 Å². The summed E-state index contributed by atoms with van der Waals surface area (Å²) in [6.45, 7) is 9.02. The van der Waals surface area contributed by atoms with E-state index in [0.717, 1.165) is 35.7 Å². The second-order valence-electron chi connectivity index (χ2n) is 6.29. The van der Waals surface area contributed by atoms with Crippen molar-refractivity contribution >= 4 is 17.4 Å². The van der Waals surface area contributed by atoms with Crippen molar-refractivity contribution < 1.29 is 9.53 Å². The van der Waals surface area contributed by atoms with Crippen molar-refractivity contribution in [3.8, 4) is 5.69 Å². The quantitative estimate of drug-likeness (QED) is 0.792. The van der Waals surface area contributed by atoms with E-state index in [-0.39, 0.29) is 11.8 Å². The normalized spacial score (nSPS) is 17.0. The molecule has 1 aromatic carbocycles. The summed E-state index contributed by atoms with van der Waals surface area (Å²) < 4.78 is 7.49. The first-order valence-corrected chi connectivity index (χ1v) is 8.67. The number of aromatic nitrogens is 1. The minimum absolute atomic E-state index is 0.131. The van der Waals surface area contributed by atoms with Crippen molar-refractivity contribution in [2.24, 2.45) is 0 Å². The topological polar surface area (TPSA) is 34.5 Å². The standard InChI is InChI=1S/C19H23ClN2O2/c1-13-12-18(19(23)15(3)21-8-10-24-11-9-21)14(2)22(13)17-6-4-16(20)5-7-17/h4-7,12,15H,8-11H2,1-3H3/t15-/m0/s1. The number of Topliss-reactive ketones (excluding diaryl/α,β-unsaturated/α-hetero) is 1. The van der Waals surface area contributed by atoms with Gasteiger partial charge in [-0.2, -0.15) is 0 Å². The van der Waals surface area contributed by atoms with E-state index in [2.05, 4.69) is 9.47 Å². The van der Waals surface area contributed by atoms with Gasteiger partial charge in [-0.1, -0.05) is 11.6 Å². The maximum absolute atomic E-state index is 13.0. The Balaban J connectivity index is 1.90. The zero-order valence-electron chi connectivity index (χ0n) is 14.4. The third kappa shape index (κ3) is 3.27. The maximum Gasteiger partial charge on any atom is 0.181 e. The van der Waals surface area contributed by atoms with Crippen LogP contribution in [0.1, 0.15) is 28.7 Å². The average Bonchev–Trinajstić information content (AvgIpc) is 2.90. The summed E-state index contributed by atoms with van der Waals surface area (Å²) in [6, 6.07) is 9.54. The summed E-state index contributed by atoms with van der Waals surface area (Å²) in [5.74, 6) is 0.171. The molecular weight excluding hydrogens is 324 g/mol. The van der Waals surface area contributed by atoms with Gasteiger partial charge in [0.15, 0.2) is 5.78 Å². The zero-order valence-corrected chi connectivity index (χ0v) is 15.1. The van der Waals surface area contributed by atoms with Crippen LogP contribution in [0.4, 0.5) is 0 Å². The van der Waals surface area contributed by atoms with Crippen LogP contribution < -0.4 is 0 Å². The lowest BCUT2D eigenvalue weighted by Crippen LogP contribution is -2.45. The maximum atomic E-state index is 13.0. The molecule has 1 fully saturated rings. The Kier molecular flexibility index (Phi) is 5.09. The van der Waals surface area contributed by atoms with E-state index in [1.54, 1.807) is 0 Å². The Bertz CT molecular complexity index is 731. The summed E-state index contributed by atoms with van der Waals surface area (Å²) >= 11 is 5.98. The molecule has 2 heterocycles. The van der Waals surface area contributed by atoms with Crippen LogP contribution in [0.5, 0.6) is 0 Å². The van der Waals surface area contributed by atoms with Crippen molar-refractivity contribution in [1.82, 2.24) is 9.47 Å². The lowest BCUT2D eigenvalue weighted by Gasteiger charge is -2.31. The summed E-state index contributed by atoms with van der Waals surface area (Å²) in [7, 11) is 0. The van der Waals surface area contributed by atoms with E-state index in [1.165, 1.54) is 0 Å². The number of ether oxygens (including phenoxy) is 1. The number of hydrogen-bond acceptors (Lipinski definition) is 3. The Labute approximate surface area is 148 Å². The minimum atomic E-state index is -0.131. The van der Waals surface area contributed by atoms with Gasteiger partial charge in [0.05, 0.1) is 19.3 Å². The highest BCUT2D eigenvalue weighted by molar-refractivity contribution is 6.30. The van der Waals surface area contributed by atoms with Crippen LogP contribution in [0, 0.1) is 13.8 Å². The molecule has 1 aromatic heterocycles. The molecule has 1 aliphatic heterocycles. The van der Waals surface area contributed by atoms with Gasteiger partial charge in [0.25, 0.3) is 0 Å². The van der Waals surface area contributed by atoms with Crippen LogP contribution in [0.15, 0.2) is 30.3 Å². The molecule has 0 aliphatic carbocycles. The number of hydrogen-bond donors (Lipinski definition) is 0. The lowest BCUT2D eigenvalue weighted by atomic mass is 10.0. The third-order valence-corrected chi connectivity index (χ3v) is 5.01. The number of ketones is 1. The molecule has 0 saturated carbocycles. The van der Waals surface area contributed by atoms with Crippen LogP contribution in [0.3, 0.4) is 0 Å². The fraction of sp³-hybridized carbons (Fsp3) is 0.421. The highest BCUT2D eigenvalue weighted by Gasteiger charge is 2.27. The van der Waals surface area contributed by atoms with Crippen LogP contribution in [0.2, 0.25) is 5.02 Å². The Morgan fingerprint density at radius 1 is 1.17 bits per heavy atom. The summed E-state index contributed by atoms with van der Waals surface area (Å²) in [6.07, 6.45) is 0. The molecule has 0 unspecified atom stereocenters. The van der Waals surface area contributed by atoms with Crippen LogP contribution in [0.25, 0.3) is 5.69 Å². The molecule has 0 amide bonds. The first-order valence-electron chi connectivity index (χ1n) is 8.30. The van der Waals surface area contributed by atoms with Crippen molar-refractivity contribution in [2.45, 2.75) is 26.8 Å². The summed E-state index contributed by atoms with van der Waals surface area (Å²) in [5.41, 5.74) is 3.83. The molecule has 1 aliphatic rings. The number of halogens is 1. The van der Waals surface area contributed by atoms with E-state index < -0.39 is 0 Å². The molecule has 1 saturated heterocycles. The molecule has 1 atom stereocenters. The Morgan fingerprint density at radius 3 is 2.42 bits per heavy atom. The fourth-order valence-corrected chi connectivity index (χ4v) is 3.48. The van der Waals surface area contributed by atoms with Crippen LogP contribution in [-0.4, -0.2) is 47.6 Å². The number of rotatable bonds is 4. The first kappa shape index (κ1) is 17.2. The zero-order chi connectivity index (χ0) is 17.3. The van der Waals surface area contributed by atoms with E-state index >= 15 is 0 Å². The Hall–Kier alpha value is -1.62. The van der Waals surface area contributed by atoms with Gasteiger partial charge in [0, 0.05) is 40.8 Å². The predicted molar refractivity (Wildman–Crippen MR) is 96.4 cm³/mol. The molecule has 0 radical (unpaired) electrons. The molecule has 24 heavy (non-hydrogen) atoms. The van der Waals surface area contributed by atoms with Gasteiger partial charge in [-0.25, -0.2) is 0 Å². The summed E-state index contributed by atoms with van der Waals surface area (Å²) in [4.78, 5) is 15.2. The average molecular weight is 347 g/mol. The van der Waals surface area contributed by atoms with Gasteiger partial charge in [0.1, 0.15) is 0 Å².